The molecule has 1 rings (SSSR count). The maximum atomic E-state index is 11.6. The van der Waals surface area contributed by atoms with Gasteiger partial charge in [-0.25, -0.2) is 9.59 Å². The van der Waals surface area contributed by atoms with Gasteiger partial charge in [-0.1, -0.05) is 0 Å². The summed E-state index contributed by atoms with van der Waals surface area (Å²) in [7, 11) is 7.64. The zero-order valence-electron chi connectivity index (χ0n) is 12.1. The van der Waals surface area contributed by atoms with Gasteiger partial charge in [0.05, 0.1) is 0 Å². The number of amides is 4. The average molecular weight is 282 g/mol. The minimum atomic E-state index is -0.383. The summed E-state index contributed by atoms with van der Waals surface area (Å²) in [6.45, 7) is 0. The topological polar surface area (TPSA) is 115 Å². The average Bonchev–Trinajstić information content (AvgIpc) is 2.50. The van der Waals surface area contributed by atoms with E-state index in [-0.39, 0.29) is 29.9 Å². The van der Waals surface area contributed by atoms with Gasteiger partial charge in [0.1, 0.15) is 0 Å². The molecule has 10 nitrogen and oxygen atoms in total. The molecule has 0 spiro atoms. The van der Waals surface area contributed by atoms with Crippen LogP contribution >= 0.6 is 0 Å². The van der Waals surface area contributed by atoms with E-state index in [1.54, 1.807) is 7.05 Å². The first-order chi connectivity index (χ1) is 9.44. The summed E-state index contributed by atoms with van der Waals surface area (Å²) in [5.41, 5.74) is 0. The molecule has 110 valence electrons. The molecule has 0 aliphatic heterocycles. The molecule has 0 aromatic carbocycles. The lowest BCUT2D eigenvalue weighted by molar-refractivity contribution is 0.248. The molecule has 10 heteroatoms. The molecule has 1 aromatic rings. The van der Waals surface area contributed by atoms with Crippen LogP contribution in [0.5, 0.6) is 0 Å². The van der Waals surface area contributed by atoms with Gasteiger partial charge in [0.15, 0.2) is 0 Å². The fraction of sp³-hybridized carbons (Fsp3) is 0.500. The van der Waals surface area contributed by atoms with Gasteiger partial charge in [-0.05, 0) is 0 Å². The molecule has 1 heterocycles. The van der Waals surface area contributed by atoms with Gasteiger partial charge in [0.25, 0.3) is 0 Å². The number of aromatic nitrogens is 3. The summed E-state index contributed by atoms with van der Waals surface area (Å²) in [5, 5.41) is 7.67. The van der Waals surface area contributed by atoms with Crippen LogP contribution in [0.1, 0.15) is 0 Å². The van der Waals surface area contributed by atoms with Crippen molar-refractivity contribution in [1.29, 1.82) is 0 Å². The highest BCUT2D eigenvalue weighted by molar-refractivity contribution is 5.91. The number of urea groups is 2. The van der Waals surface area contributed by atoms with E-state index in [1.807, 2.05) is 0 Å². The number of hydrogen-bond donors (Lipinski definition) is 3. The molecule has 3 N–H and O–H groups in total. The molecule has 0 aliphatic rings. The molecular formula is C10H18N8O2. The van der Waals surface area contributed by atoms with E-state index < -0.39 is 0 Å². The third-order valence-electron chi connectivity index (χ3n) is 2.47. The molecule has 0 saturated carbocycles. The molecule has 0 fully saturated rings. The Bertz CT molecular complexity index is 466. The Labute approximate surface area is 116 Å². The van der Waals surface area contributed by atoms with E-state index in [2.05, 4.69) is 30.9 Å². The van der Waals surface area contributed by atoms with Crippen LogP contribution in [0.25, 0.3) is 0 Å². The van der Waals surface area contributed by atoms with Crippen LogP contribution in [0.2, 0.25) is 0 Å². The number of hydrogen-bond acceptors (Lipinski definition) is 6. The van der Waals surface area contributed by atoms with E-state index in [1.165, 1.54) is 38.0 Å². The molecule has 0 unspecified atom stereocenters. The summed E-state index contributed by atoms with van der Waals surface area (Å²) in [6, 6.07) is -0.765. The zero-order chi connectivity index (χ0) is 15.3. The first-order valence-electron chi connectivity index (χ1n) is 5.79. The van der Waals surface area contributed by atoms with Crippen molar-refractivity contribution in [3.8, 4) is 0 Å². The lowest BCUT2D eigenvalue weighted by Gasteiger charge is -2.19. The summed E-state index contributed by atoms with van der Waals surface area (Å²) in [6.07, 6.45) is 0. The minimum Gasteiger partial charge on any atom is -0.357 e. The van der Waals surface area contributed by atoms with Crippen molar-refractivity contribution >= 4 is 29.9 Å². The first-order valence-corrected chi connectivity index (χ1v) is 5.79. The van der Waals surface area contributed by atoms with Crippen molar-refractivity contribution in [3.05, 3.63) is 0 Å². The van der Waals surface area contributed by atoms with Crippen molar-refractivity contribution in [1.82, 2.24) is 25.6 Å². The normalized spacial score (nSPS) is 9.65. The number of carbonyl (C=O) groups is 2. The smallest absolute Gasteiger partial charge is 0.323 e. The maximum absolute atomic E-state index is 11.6. The summed E-state index contributed by atoms with van der Waals surface area (Å²) in [4.78, 5) is 37.8. The molecule has 20 heavy (non-hydrogen) atoms. The van der Waals surface area contributed by atoms with Crippen LogP contribution in [-0.4, -0.2) is 62.3 Å². The molecule has 1 aromatic heterocycles. The minimum absolute atomic E-state index is 0.120. The highest BCUT2D eigenvalue weighted by atomic mass is 16.2. The van der Waals surface area contributed by atoms with Crippen molar-refractivity contribution < 1.29 is 9.59 Å². The predicted octanol–water partition coefficient (Wildman–Crippen LogP) is -0.535. The third kappa shape index (κ3) is 3.22. The van der Waals surface area contributed by atoms with Crippen LogP contribution in [0.3, 0.4) is 0 Å². The maximum Gasteiger partial charge on any atom is 0.323 e. The Morgan fingerprint density at radius 2 is 1.25 bits per heavy atom. The second-order valence-electron chi connectivity index (χ2n) is 3.74. The predicted molar refractivity (Wildman–Crippen MR) is 75.1 cm³/mol. The molecule has 0 bridgehead atoms. The standard InChI is InChI=1S/C10H18N8O2/c1-11-6-14-7(17(4)9(19)12-2)16-8(15-6)18(5)10(20)13-3/h1-5H3,(H,12,19)(H,13,20)(H,11,14,15,16). The van der Waals surface area contributed by atoms with Crippen molar-refractivity contribution in [2.45, 2.75) is 0 Å². The SMILES string of the molecule is CNC(=O)N(C)c1nc(NC)nc(N(C)C(=O)NC)n1. The van der Waals surface area contributed by atoms with Gasteiger partial charge in [0.2, 0.25) is 17.8 Å². The lowest BCUT2D eigenvalue weighted by Crippen LogP contribution is -2.38. The van der Waals surface area contributed by atoms with Gasteiger partial charge in [-0.3, -0.25) is 9.80 Å². The van der Waals surface area contributed by atoms with E-state index in [9.17, 15) is 9.59 Å². The number of nitrogens with zero attached hydrogens (tertiary/aromatic N) is 5. The highest BCUT2D eigenvalue weighted by Crippen LogP contribution is 2.14. The van der Waals surface area contributed by atoms with E-state index in [0.29, 0.717) is 0 Å². The second-order valence-corrected chi connectivity index (χ2v) is 3.74. The van der Waals surface area contributed by atoms with Gasteiger partial charge >= 0.3 is 12.1 Å². The fourth-order valence-corrected chi connectivity index (χ4v) is 1.28. The number of anilines is 3. The van der Waals surface area contributed by atoms with Gasteiger partial charge < -0.3 is 16.0 Å². The van der Waals surface area contributed by atoms with Crippen LogP contribution in [0.4, 0.5) is 27.4 Å². The Morgan fingerprint density at radius 1 is 0.850 bits per heavy atom. The molecule has 0 saturated heterocycles. The fourth-order valence-electron chi connectivity index (χ4n) is 1.28. The van der Waals surface area contributed by atoms with Gasteiger partial charge in [-0.2, -0.15) is 15.0 Å². The molecule has 0 aliphatic carbocycles. The number of carbonyl (C=O) groups excluding carboxylic acids is 2. The largest absolute Gasteiger partial charge is 0.357 e. The molecule has 0 radical (unpaired) electrons. The summed E-state index contributed by atoms with van der Waals surface area (Å²) >= 11 is 0. The quantitative estimate of drug-likeness (QED) is 0.686. The third-order valence-corrected chi connectivity index (χ3v) is 2.47. The van der Waals surface area contributed by atoms with Crippen molar-refractivity contribution in [3.63, 3.8) is 0 Å². The number of nitrogens with one attached hydrogen (secondary N) is 3. The van der Waals surface area contributed by atoms with Gasteiger partial charge in [0, 0.05) is 35.2 Å². The molecule has 4 amide bonds. The van der Waals surface area contributed by atoms with E-state index in [4.69, 9.17) is 0 Å². The monoisotopic (exact) mass is 282 g/mol. The zero-order valence-corrected chi connectivity index (χ0v) is 12.1. The van der Waals surface area contributed by atoms with Crippen LogP contribution in [0.15, 0.2) is 0 Å². The van der Waals surface area contributed by atoms with Crippen molar-refractivity contribution in [2.75, 3.05) is 50.4 Å². The summed E-state index contributed by atoms with van der Waals surface area (Å²) in [5.74, 6) is 0.486. The Morgan fingerprint density at radius 3 is 1.55 bits per heavy atom. The van der Waals surface area contributed by atoms with Crippen LogP contribution in [-0.2, 0) is 0 Å². The Kier molecular flexibility index (Phi) is 5.01. The Hall–Kier alpha value is -2.65. The Balaban J connectivity index is 3.21. The molecule has 0 atom stereocenters. The molecular weight excluding hydrogens is 264 g/mol. The lowest BCUT2D eigenvalue weighted by atomic mass is 10.6. The van der Waals surface area contributed by atoms with E-state index in [0.717, 1.165) is 0 Å². The number of rotatable bonds is 3. The van der Waals surface area contributed by atoms with E-state index >= 15 is 0 Å². The van der Waals surface area contributed by atoms with Crippen molar-refractivity contribution in [2.24, 2.45) is 0 Å². The second kappa shape index (κ2) is 6.50. The first kappa shape index (κ1) is 15.4. The summed E-state index contributed by atoms with van der Waals surface area (Å²) < 4.78 is 0. The van der Waals surface area contributed by atoms with Gasteiger partial charge in [-0.15, -0.1) is 0 Å². The van der Waals surface area contributed by atoms with Crippen LogP contribution in [0, 0.1) is 0 Å². The van der Waals surface area contributed by atoms with Crippen LogP contribution < -0.4 is 25.8 Å². The highest BCUT2D eigenvalue weighted by Gasteiger charge is 2.19.